The van der Waals surface area contributed by atoms with Crippen LogP contribution in [-0.4, -0.2) is 227 Å². The molecule has 7 aliphatic heterocycles. The summed E-state index contributed by atoms with van der Waals surface area (Å²) in [7, 11) is 15.0. The van der Waals surface area contributed by atoms with Gasteiger partial charge >= 0.3 is 24.1 Å². The number of likely N-dealkylation sites (N-methyl/N-ethyl adjacent to an activating group) is 1. The predicted octanol–water partition coefficient (Wildman–Crippen LogP) is 10.2. The number of carbonyl (C=O) groups is 6. The Kier molecular flexibility index (Phi) is 63.2. The van der Waals surface area contributed by atoms with Crippen molar-refractivity contribution < 1.29 is 113 Å². The molecule has 8 aliphatic rings. The Morgan fingerprint density at radius 3 is 1.31 bits per heavy atom. The summed E-state index contributed by atoms with van der Waals surface area (Å²) in [5.74, 6) is -1.80. The number of rotatable bonds is 18. The van der Waals surface area contributed by atoms with E-state index < -0.39 is 23.7 Å². The number of amides is 2. The molecular weight excluding hydrogens is 1200 g/mol. The number of epoxide rings is 4. The van der Waals surface area contributed by atoms with Crippen molar-refractivity contribution in [3.05, 3.63) is 87.3 Å². The lowest BCUT2D eigenvalue weighted by atomic mass is 9.84. The Labute approximate surface area is 543 Å². The lowest BCUT2D eigenvalue weighted by molar-refractivity contribution is -0.148. The number of ketones is 1. The molecule has 7 fully saturated rings. The maximum Gasteiger partial charge on any atom is 0.422 e. The molecule has 1 saturated carbocycles. The second-order valence-corrected chi connectivity index (χ2v) is 21.1. The number of hydrogen-bond acceptors (Lipinski definition) is 21. The molecule has 0 aromatic heterocycles. The molecular formula is C66H116F3NO21. The molecule has 0 radical (unpaired) electrons. The van der Waals surface area contributed by atoms with Crippen LogP contribution < -0.4 is 0 Å². The van der Waals surface area contributed by atoms with Crippen LogP contribution in [0.4, 0.5) is 13.2 Å². The van der Waals surface area contributed by atoms with E-state index >= 15 is 0 Å². The average Bonchev–Trinajstić information content (AvgIpc) is 1.77. The van der Waals surface area contributed by atoms with Crippen molar-refractivity contribution in [2.75, 3.05) is 150 Å². The number of alkyl halides is 3. The van der Waals surface area contributed by atoms with Gasteiger partial charge in [-0.05, 0) is 58.4 Å². The molecule has 0 aromatic rings. The van der Waals surface area contributed by atoms with E-state index in [0.29, 0.717) is 53.8 Å². The summed E-state index contributed by atoms with van der Waals surface area (Å²) in [5, 5.41) is 0. The van der Waals surface area contributed by atoms with Crippen LogP contribution in [0.1, 0.15) is 101 Å². The first kappa shape index (κ1) is 96.6. The van der Waals surface area contributed by atoms with Crippen LogP contribution in [0, 0.1) is 16.7 Å². The first-order chi connectivity index (χ1) is 42.8. The highest BCUT2D eigenvalue weighted by Gasteiger charge is 2.44. The van der Waals surface area contributed by atoms with Gasteiger partial charge in [0.15, 0.2) is 5.78 Å². The smallest absolute Gasteiger partial charge is 0.422 e. The summed E-state index contributed by atoms with van der Waals surface area (Å²) >= 11 is 0. The molecule has 6 unspecified atom stereocenters. The first-order valence-corrected chi connectivity index (χ1v) is 29.6. The topological polar surface area (TPSA) is 257 Å². The van der Waals surface area contributed by atoms with Crippen molar-refractivity contribution in [1.29, 1.82) is 0 Å². The number of hydrogen-bond donors (Lipinski definition) is 0. The zero-order valence-corrected chi connectivity index (χ0v) is 58.5. The van der Waals surface area contributed by atoms with Crippen LogP contribution in [-0.2, 0) is 99.8 Å². The Hall–Kier alpha value is -5.45. The van der Waals surface area contributed by atoms with Gasteiger partial charge in [-0.1, -0.05) is 86.9 Å². The molecule has 532 valence electrons. The zero-order chi connectivity index (χ0) is 71.7. The number of fused-ring (bicyclic) bond motifs is 1. The molecule has 2 amide bonds. The molecule has 0 bridgehead atoms. The summed E-state index contributed by atoms with van der Waals surface area (Å²) in [5.41, 5.74) is -0.101. The SMILES string of the molecule is C=C(C(=O)OC)C(F)(F)F.C=C(C)C(=O)OC.C=CC(=O)CC.C=CC(=O)OC.C=CCOC.C=COC.CC.CC1CO1.CCCC1(C)COC1.CN1C(=O)C=CC1=O.COCC1(C)CO1.COCC1(C)COC1.COCC1CCC2OC2C1.COCC1CO1. The molecule has 7 heterocycles. The van der Waals surface area contributed by atoms with E-state index in [4.69, 9.17) is 47.4 Å². The Bertz CT molecular complexity index is 1950. The number of ether oxygens (including phenoxy) is 15. The van der Waals surface area contributed by atoms with E-state index in [1.165, 1.54) is 77.9 Å². The van der Waals surface area contributed by atoms with E-state index in [-0.39, 0.29) is 29.2 Å². The van der Waals surface area contributed by atoms with E-state index in [1.54, 1.807) is 55.7 Å². The first-order valence-electron chi connectivity index (χ1n) is 29.6. The van der Waals surface area contributed by atoms with Gasteiger partial charge in [-0.3, -0.25) is 19.3 Å². The molecule has 22 nitrogen and oxygen atoms in total. The fraction of sp³-hybridized carbons (Fsp3) is 0.697. The number of methoxy groups -OCH3 is 9. The molecule has 0 spiro atoms. The third-order valence-corrected chi connectivity index (χ3v) is 11.7. The molecule has 91 heavy (non-hydrogen) atoms. The molecule has 1 aliphatic carbocycles. The second kappa shape index (κ2) is 59.6. The van der Waals surface area contributed by atoms with Crippen molar-refractivity contribution in [2.45, 2.75) is 137 Å². The lowest BCUT2D eigenvalue weighted by Crippen LogP contribution is -2.43. The maximum absolute atomic E-state index is 11.5. The number of imide groups is 1. The van der Waals surface area contributed by atoms with Crippen molar-refractivity contribution in [3.8, 4) is 0 Å². The van der Waals surface area contributed by atoms with Crippen LogP contribution in [0.2, 0.25) is 0 Å². The molecule has 0 N–H and O–H groups in total. The van der Waals surface area contributed by atoms with E-state index in [0.717, 1.165) is 96.7 Å². The minimum Gasteiger partial charge on any atom is -0.505 e. The summed E-state index contributed by atoms with van der Waals surface area (Å²) in [6.07, 6.45) is 12.6. The second-order valence-electron chi connectivity index (χ2n) is 21.1. The highest BCUT2D eigenvalue weighted by Crippen LogP contribution is 2.39. The van der Waals surface area contributed by atoms with Gasteiger partial charge in [0.1, 0.15) is 17.3 Å². The number of allylic oxidation sites excluding steroid dienone is 1. The average molecular weight is 1320 g/mol. The van der Waals surface area contributed by atoms with Gasteiger partial charge in [0.2, 0.25) is 0 Å². The highest BCUT2D eigenvalue weighted by atomic mass is 19.4. The van der Waals surface area contributed by atoms with E-state index in [1.807, 2.05) is 27.7 Å². The van der Waals surface area contributed by atoms with Gasteiger partial charge in [-0.2, -0.15) is 13.2 Å². The minimum absolute atomic E-state index is 0.0781. The number of esters is 3. The van der Waals surface area contributed by atoms with Gasteiger partial charge in [0.05, 0.1) is 126 Å². The summed E-state index contributed by atoms with van der Waals surface area (Å²) < 4.78 is 105. The highest BCUT2D eigenvalue weighted by molar-refractivity contribution is 6.12. The van der Waals surface area contributed by atoms with Gasteiger partial charge in [0.25, 0.3) is 11.8 Å². The summed E-state index contributed by atoms with van der Waals surface area (Å²) in [6, 6.07) is 0. The molecule has 25 heteroatoms. The standard InChI is InChI=1S/C8H14O2.C7H14O.C6H12O2.C5H5F3O2.C5H5NO2.C5H10O2.C5H8O2.C5H8O.C4H8O2.C4H6O2.C4H8O.2C3H6O.C2H6/c1-9-5-6-2-3-7-8(4-6)10-7;1-3-4-7(2)5-8-6-7;1-6(3-7-2)4-8-5-6;1-3(4(9)10-2)5(6,7)8;1-6-4(7)2-3-5(6)8;1-5(3-6-2)4-7-5;1-4(2)5(6)7-3;1-3-5(6)4-2;1-5-2-4-3-6-4;1-3-4(5)6-2;1-3-4-5-2;1-3-2-4-3;1-3-4-2;1-2/h6-8H,2-5H2,1H3;3-6H2,1-2H3;3-5H2,1-2H3;1H2,2H3;2-3H,1H3;3-4H2,1-2H3;1H2,2-3H3;3H,1,4H2,2H3;4H,2-3H2,1H3;3H,1H2,2H3;3H,1,4H2,2H3;3H,2H2,1H3;3H,1H2,2H3;1-2H3. The van der Waals surface area contributed by atoms with Crippen molar-refractivity contribution in [3.63, 3.8) is 0 Å². The van der Waals surface area contributed by atoms with E-state index in [2.05, 4.69) is 90.9 Å². The normalized spacial score (nSPS) is 21.0. The monoisotopic (exact) mass is 1320 g/mol. The third-order valence-electron chi connectivity index (χ3n) is 11.7. The fourth-order valence-corrected chi connectivity index (χ4v) is 6.15. The molecule has 6 saturated heterocycles. The lowest BCUT2D eigenvalue weighted by Gasteiger charge is -2.37. The van der Waals surface area contributed by atoms with Gasteiger partial charge in [-0.15, -0.1) is 6.58 Å². The van der Waals surface area contributed by atoms with Crippen molar-refractivity contribution in [1.82, 2.24) is 4.90 Å². The van der Waals surface area contributed by atoms with Gasteiger partial charge in [-0.25, -0.2) is 14.4 Å². The Balaban J connectivity index is -0.000000216. The van der Waals surface area contributed by atoms with Crippen LogP contribution in [0.15, 0.2) is 87.3 Å². The van der Waals surface area contributed by atoms with Crippen molar-refractivity contribution >= 4 is 35.5 Å². The van der Waals surface area contributed by atoms with Crippen molar-refractivity contribution in [2.24, 2.45) is 16.7 Å². The summed E-state index contributed by atoms with van der Waals surface area (Å²) in [6.45, 7) is 47.5. The number of halogens is 3. The molecule has 8 rings (SSSR count). The molecule has 6 atom stereocenters. The van der Waals surface area contributed by atoms with Gasteiger partial charge in [0, 0.05) is 90.3 Å². The maximum atomic E-state index is 11.5. The minimum atomic E-state index is -4.69. The molecule has 0 aromatic carbocycles. The third kappa shape index (κ3) is 61.8. The van der Waals surface area contributed by atoms with E-state index in [9.17, 15) is 41.9 Å². The Morgan fingerprint density at radius 1 is 0.692 bits per heavy atom. The number of carbonyl (C=O) groups excluding carboxylic acids is 6. The summed E-state index contributed by atoms with van der Waals surface area (Å²) in [4.78, 5) is 62.1. The zero-order valence-electron chi connectivity index (χ0n) is 58.5. The van der Waals surface area contributed by atoms with Crippen LogP contribution in [0.5, 0.6) is 0 Å². The van der Waals surface area contributed by atoms with Crippen LogP contribution in [0.25, 0.3) is 0 Å². The van der Waals surface area contributed by atoms with Crippen LogP contribution in [0.3, 0.4) is 0 Å². The largest absolute Gasteiger partial charge is 0.505 e. The number of nitrogens with zero attached hydrogens (tertiary/aromatic N) is 1. The van der Waals surface area contributed by atoms with Gasteiger partial charge < -0.3 is 71.1 Å². The Morgan fingerprint density at radius 2 is 1.16 bits per heavy atom. The quantitative estimate of drug-likeness (QED) is 0.0235. The van der Waals surface area contributed by atoms with Crippen LogP contribution >= 0.6 is 0 Å². The predicted molar refractivity (Wildman–Crippen MR) is 345 cm³/mol. The fourth-order valence-electron chi connectivity index (χ4n) is 6.15.